The monoisotopic (exact) mass is 339 g/mol. The summed E-state index contributed by atoms with van der Waals surface area (Å²) in [6, 6.07) is 8.04. The number of carbonyl (C=O) groups is 1. The van der Waals surface area contributed by atoms with Crippen molar-refractivity contribution >= 4 is 21.7 Å². The normalized spacial score (nSPS) is 23.8. The second-order valence-electron chi connectivity index (χ2n) is 5.38. The highest BCUT2D eigenvalue weighted by Crippen LogP contribution is 2.16. The number of halogens is 1. The molecule has 2 rings (SSSR count). The fourth-order valence-electron chi connectivity index (χ4n) is 2.59. The van der Waals surface area contributed by atoms with Gasteiger partial charge in [0.05, 0.1) is 12.7 Å². The molecule has 1 aliphatic rings. The largest absolute Gasteiger partial charge is 0.376 e. The van der Waals surface area contributed by atoms with Gasteiger partial charge in [0.1, 0.15) is 0 Å². The van der Waals surface area contributed by atoms with E-state index in [0.29, 0.717) is 12.5 Å². The number of carbonyl (C=O) groups excluding carboxylic acids is 1. The third kappa shape index (κ3) is 4.14. The minimum atomic E-state index is 0.214. The Hall–Kier alpha value is -0.710. The van der Waals surface area contributed by atoms with Gasteiger partial charge in [0, 0.05) is 35.6 Å². The quantitative estimate of drug-likeness (QED) is 0.768. The summed E-state index contributed by atoms with van der Waals surface area (Å²) < 4.78 is 6.69. The van der Waals surface area contributed by atoms with Crippen molar-refractivity contribution < 1.29 is 9.53 Å². The van der Waals surface area contributed by atoms with E-state index in [2.05, 4.69) is 34.7 Å². The van der Waals surface area contributed by atoms with E-state index in [1.807, 2.05) is 24.3 Å². The topological polar surface area (TPSA) is 29.5 Å². The highest BCUT2D eigenvalue weighted by molar-refractivity contribution is 9.10. The van der Waals surface area contributed by atoms with Crippen LogP contribution in [0.15, 0.2) is 28.7 Å². The lowest BCUT2D eigenvalue weighted by atomic mass is 10.1. The zero-order valence-electron chi connectivity index (χ0n) is 12.1. The Kier molecular flexibility index (Phi) is 5.75. The first-order chi connectivity index (χ1) is 9.60. The van der Waals surface area contributed by atoms with Gasteiger partial charge in [0.25, 0.3) is 0 Å². The number of Topliss-reactive ketones (excluding diaryl/α,β-unsaturated/α-hetero) is 1. The first kappa shape index (κ1) is 15.7. The molecular weight excluding hydrogens is 318 g/mol. The molecule has 0 aromatic heterocycles. The summed E-state index contributed by atoms with van der Waals surface area (Å²) in [4.78, 5) is 14.6. The Balaban J connectivity index is 1.90. The van der Waals surface area contributed by atoms with E-state index in [-0.39, 0.29) is 11.9 Å². The molecule has 1 heterocycles. The summed E-state index contributed by atoms with van der Waals surface area (Å²) in [5, 5.41) is 0. The molecule has 3 nitrogen and oxygen atoms in total. The van der Waals surface area contributed by atoms with Crippen LogP contribution < -0.4 is 0 Å². The molecule has 0 radical (unpaired) electrons. The first-order valence-electron chi connectivity index (χ1n) is 7.24. The van der Waals surface area contributed by atoms with Crippen LogP contribution >= 0.6 is 15.9 Å². The Morgan fingerprint density at radius 3 is 2.75 bits per heavy atom. The summed E-state index contributed by atoms with van der Waals surface area (Å²) in [6.45, 7) is 6.79. The van der Waals surface area contributed by atoms with Crippen LogP contribution in [0, 0.1) is 0 Å². The van der Waals surface area contributed by atoms with Crippen LogP contribution in [0.3, 0.4) is 0 Å². The molecule has 1 aromatic rings. The smallest absolute Gasteiger partial charge is 0.164 e. The van der Waals surface area contributed by atoms with E-state index in [4.69, 9.17) is 4.74 Å². The number of hydrogen-bond acceptors (Lipinski definition) is 3. The molecule has 2 atom stereocenters. The number of rotatable bonds is 5. The molecule has 110 valence electrons. The average Bonchev–Trinajstić information content (AvgIpc) is 2.45. The van der Waals surface area contributed by atoms with Crippen molar-refractivity contribution in [3.8, 4) is 0 Å². The highest BCUT2D eigenvalue weighted by atomic mass is 79.9. The number of ether oxygens (including phenoxy) is 1. The molecular formula is C16H22BrNO2. The molecule has 0 saturated carbocycles. The zero-order valence-corrected chi connectivity index (χ0v) is 13.7. The van der Waals surface area contributed by atoms with Gasteiger partial charge in [-0.25, -0.2) is 0 Å². The van der Waals surface area contributed by atoms with Crippen LogP contribution in [0.1, 0.15) is 37.0 Å². The van der Waals surface area contributed by atoms with Crippen molar-refractivity contribution in [3.05, 3.63) is 34.3 Å². The third-order valence-corrected chi connectivity index (χ3v) is 4.37. The van der Waals surface area contributed by atoms with E-state index in [1.54, 1.807) is 0 Å². The van der Waals surface area contributed by atoms with E-state index in [1.165, 1.54) is 0 Å². The van der Waals surface area contributed by atoms with Gasteiger partial charge in [0.15, 0.2) is 5.78 Å². The van der Waals surface area contributed by atoms with Crippen LogP contribution in [0.4, 0.5) is 0 Å². The molecule has 1 aromatic carbocycles. The summed E-state index contributed by atoms with van der Waals surface area (Å²) >= 11 is 3.39. The van der Waals surface area contributed by atoms with E-state index in [0.717, 1.165) is 36.2 Å². The van der Waals surface area contributed by atoms with Crippen molar-refractivity contribution in [1.82, 2.24) is 4.90 Å². The number of hydrogen-bond donors (Lipinski definition) is 0. The van der Waals surface area contributed by atoms with Gasteiger partial charge < -0.3 is 4.74 Å². The van der Waals surface area contributed by atoms with E-state index in [9.17, 15) is 4.79 Å². The second-order valence-corrected chi connectivity index (χ2v) is 6.30. The van der Waals surface area contributed by atoms with Crippen LogP contribution in [-0.2, 0) is 4.74 Å². The third-order valence-electron chi connectivity index (χ3n) is 3.84. The molecule has 2 unspecified atom stereocenters. The summed E-state index contributed by atoms with van der Waals surface area (Å²) in [5.41, 5.74) is 0.794. The number of ketones is 1. The molecule has 20 heavy (non-hydrogen) atoms. The average molecular weight is 340 g/mol. The minimum Gasteiger partial charge on any atom is -0.376 e. The number of nitrogens with zero attached hydrogens (tertiary/aromatic N) is 1. The molecule has 0 bridgehead atoms. The summed E-state index contributed by atoms with van der Waals surface area (Å²) in [5.74, 6) is 0.214. The SMILES string of the molecule is CCC1COC(C)CN1CCC(=O)c1ccc(Br)cc1. The molecule has 1 saturated heterocycles. The van der Waals surface area contributed by atoms with Crippen molar-refractivity contribution in [1.29, 1.82) is 0 Å². The van der Waals surface area contributed by atoms with E-state index >= 15 is 0 Å². The lowest BCUT2D eigenvalue weighted by Crippen LogP contribution is -2.49. The maximum Gasteiger partial charge on any atom is 0.164 e. The van der Waals surface area contributed by atoms with Gasteiger partial charge >= 0.3 is 0 Å². The van der Waals surface area contributed by atoms with Crippen molar-refractivity contribution in [2.24, 2.45) is 0 Å². The molecule has 1 aliphatic heterocycles. The maximum absolute atomic E-state index is 12.2. The highest BCUT2D eigenvalue weighted by Gasteiger charge is 2.25. The van der Waals surface area contributed by atoms with Crippen molar-refractivity contribution in [3.63, 3.8) is 0 Å². The molecule has 0 spiro atoms. The van der Waals surface area contributed by atoms with Gasteiger partial charge in [-0.15, -0.1) is 0 Å². The second kappa shape index (κ2) is 7.34. The minimum absolute atomic E-state index is 0.214. The first-order valence-corrected chi connectivity index (χ1v) is 8.04. The lowest BCUT2D eigenvalue weighted by molar-refractivity contribution is -0.0553. The van der Waals surface area contributed by atoms with Gasteiger partial charge in [0.2, 0.25) is 0 Å². The summed E-state index contributed by atoms with van der Waals surface area (Å²) in [7, 11) is 0. The molecule has 1 fully saturated rings. The zero-order chi connectivity index (χ0) is 14.5. The Labute approximate surface area is 129 Å². The molecule has 4 heteroatoms. The Morgan fingerprint density at radius 1 is 1.40 bits per heavy atom. The van der Waals surface area contributed by atoms with Gasteiger partial charge in [-0.1, -0.05) is 35.0 Å². The van der Waals surface area contributed by atoms with Crippen LogP contribution in [0.2, 0.25) is 0 Å². The van der Waals surface area contributed by atoms with Crippen LogP contribution in [-0.4, -0.2) is 42.5 Å². The summed E-state index contributed by atoms with van der Waals surface area (Å²) in [6.07, 6.45) is 1.91. The lowest BCUT2D eigenvalue weighted by Gasteiger charge is -2.38. The number of benzene rings is 1. The Morgan fingerprint density at radius 2 is 2.10 bits per heavy atom. The van der Waals surface area contributed by atoms with Crippen molar-refractivity contribution in [2.75, 3.05) is 19.7 Å². The van der Waals surface area contributed by atoms with Gasteiger partial charge in [-0.2, -0.15) is 0 Å². The van der Waals surface area contributed by atoms with E-state index < -0.39 is 0 Å². The van der Waals surface area contributed by atoms with Crippen LogP contribution in [0.5, 0.6) is 0 Å². The fourth-order valence-corrected chi connectivity index (χ4v) is 2.85. The standard InChI is InChI=1S/C16H22BrNO2/c1-3-15-11-20-12(2)10-18(15)9-8-16(19)13-4-6-14(17)7-5-13/h4-7,12,15H,3,8-11H2,1-2H3. The number of morpholine rings is 1. The van der Waals surface area contributed by atoms with Gasteiger partial charge in [-0.3, -0.25) is 9.69 Å². The Bertz CT molecular complexity index is 446. The maximum atomic E-state index is 12.2. The predicted octanol–water partition coefficient (Wildman–Crippen LogP) is 3.52. The van der Waals surface area contributed by atoms with Crippen LogP contribution in [0.25, 0.3) is 0 Å². The van der Waals surface area contributed by atoms with Gasteiger partial charge in [-0.05, 0) is 25.5 Å². The molecule has 0 N–H and O–H groups in total. The predicted molar refractivity (Wildman–Crippen MR) is 84.2 cm³/mol. The fraction of sp³-hybridized carbons (Fsp3) is 0.562. The van der Waals surface area contributed by atoms with Crippen molar-refractivity contribution in [2.45, 2.75) is 38.8 Å². The molecule has 0 amide bonds. The molecule has 0 aliphatic carbocycles.